The molecule has 20 heteroatoms. The quantitative estimate of drug-likeness (QED) is 0.0338. The fraction of sp³-hybridized carbons (Fsp3) is 0.463. The first kappa shape index (κ1) is 49.6. The van der Waals surface area contributed by atoms with Gasteiger partial charge in [-0.25, -0.2) is 0 Å². The molecule has 2 atom stereocenters. The highest BCUT2D eigenvalue weighted by atomic mass is 32.2. The second kappa shape index (κ2) is 20.0. The van der Waals surface area contributed by atoms with Crippen LogP contribution in [0.1, 0.15) is 96.1 Å². The van der Waals surface area contributed by atoms with Crippen molar-refractivity contribution in [2.75, 3.05) is 29.5 Å². The van der Waals surface area contributed by atoms with Gasteiger partial charge in [0, 0.05) is 53.9 Å². The van der Waals surface area contributed by atoms with Crippen LogP contribution in [0.3, 0.4) is 0 Å². The summed E-state index contributed by atoms with van der Waals surface area (Å²) in [7, 11) is -17.5. The van der Waals surface area contributed by atoms with Crippen LogP contribution in [0.5, 0.6) is 0 Å². The fourth-order valence-corrected chi connectivity index (χ4v) is 10.4. The van der Waals surface area contributed by atoms with Crippen molar-refractivity contribution in [1.29, 1.82) is 0 Å². The largest absolute Gasteiger partial charge is 0.481 e. The Morgan fingerprint density at radius 3 is 1.77 bits per heavy atom. The molecule has 5 N–H and O–H groups in total. The highest BCUT2D eigenvalue weighted by molar-refractivity contribution is 7.86. The van der Waals surface area contributed by atoms with Crippen LogP contribution in [-0.2, 0) is 56.1 Å². The van der Waals surface area contributed by atoms with Crippen molar-refractivity contribution < 1.29 is 66.4 Å². The lowest BCUT2D eigenvalue weighted by Crippen LogP contribution is -2.31. The third kappa shape index (κ3) is 13.0. The van der Waals surface area contributed by atoms with E-state index < -0.39 is 68.8 Å². The van der Waals surface area contributed by atoms with Crippen molar-refractivity contribution >= 4 is 63.5 Å². The van der Waals surface area contributed by atoms with E-state index in [2.05, 4.69) is 0 Å². The molecule has 2 unspecified atom stereocenters. The van der Waals surface area contributed by atoms with Gasteiger partial charge in [-0.2, -0.15) is 38.2 Å². The topological polar surface area (TPSA) is 261 Å². The molecule has 336 valence electrons. The van der Waals surface area contributed by atoms with E-state index in [1.165, 1.54) is 24.3 Å². The summed E-state index contributed by atoms with van der Waals surface area (Å²) in [5.74, 6) is -1.78. The van der Waals surface area contributed by atoms with Gasteiger partial charge in [-0.15, -0.1) is 0 Å². The first-order chi connectivity index (χ1) is 28.3. The van der Waals surface area contributed by atoms with E-state index in [-0.39, 0.29) is 29.1 Å². The van der Waals surface area contributed by atoms with Gasteiger partial charge in [0.05, 0.1) is 26.7 Å². The molecule has 2 aromatic rings. The lowest BCUT2D eigenvalue weighted by molar-refractivity contribution is -0.438. The highest BCUT2D eigenvalue weighted by Gasteiger charge is 2.48. The number of carboxylic acids is 1. The molecule has 16 nitrogen and oxygen atoms in total. The van der Waals surface area contributed by atoms with Gasteiger partial charge >= 0.3 is 5.97 Å². The third-order valence-electron chi connectivity index (χ3n) is 11.2. The molecule has 0 spiro atoms. The Balaban J connectivity index is 1.69. The van der Waals surface area contributed by atoms with Crippen molar-refractivity contribution in [2.45, 2.75) is 106 Å². The van der Waals surface area contributed by atoms with E-state index in [1.54, 1.807) is 42.5 Å². The summed E-state index contributed by atoms with van der Waals surface area (Å²) in [5.41, 5.74) is 2.54. The number of rotatable bonds is 23. The van der Waals surface area contributed by atoms with Gasteiger partial charge in [0.25, 0.3) is 40.5 Å². The Kier molecular flexibility index (Phi) is 16.3. The van der Waals surface area contributed by atoms with Gasteiger partial charge in [-0.05, 0) is 101 Å². The maximum Gasteiger partial charge on any atom is 0.303 e. The van der Waals surface area contributed by atoms with Gasteiger partial charge in [-0.3, -0.25) is 23.0 Å². The maximum absolute atomic E-state index is 12.2. The van der Waals surface area contributed by atoms with Gasteiger partial charge in [0.15, 0.2) is 5.71 Å². The predicted octanol–water partition coefficient (Wildman–Crippen LogP) is 6.65. The van der Waals surface area contributed by atoms with E-state index >= 15 is 0 Å². The molecular weight excluding hydrogens is 873 g/mol. The fourth-order valence-electron chi connectivity index (χ4n) is 8.23. The number of aliphatic carboxylic acids is 1. The van der Waals surface area contributed by atoms with Crippen LogP contribution < -0.4 is 4.90 Å². The molecule has 4 rings (SSSR count). The van der Waals surface area contributed by atoms with Crippen molar-refractivity contribution in [3.8, 4) is 0 Å². The van der Waals surface area contributed by atoms with E-state index in [4.69, 9.17) is 5.11 Å². The van der Waals surface area contributed by atoms with Crippen LogP contribution >= 0.6 is 0 Å². The lowest BCUT2D eigenvalue weighted by atomic mass is 9.75. The van der Waals surface area contributed by atoms with Gasteiger partial charge in [0.1, 0.15) is 6.54 Å². The number of fused-ring (bicyclic) bond motifs is 2. The number of carboxylic acid groups (broad SMARTS) is 1. The Labute approximate surface area is 359 Å². The summed E-state index contributed by atoms with van der Waals surface area (Å²) in [6, 6.07) is 8.68. The van der Waals surface area contributed by atoms with Crippen molar-refractivity contribution in [2.24, 2.45) is 0 Å². The van der Waals surface area contributed by atoms with E-state index in [0.29, 0.717) is 74.8 Å². The second-order valence-corrected chi connectivity index (χ2v) is 21.6. The Morgan fingerprint density at radius 2 is 1.21 bits per heavy atom. The second-order valence-electron chi connectivity index (χ2n) is 15.6. The van der Waals surface area contributed by atoms with Gasteiger partial charge < -0.3 is 10.0 Å². The van der Waals surface area contributed by atoms with Crippen LogP contribution in [0.2, 0.25) is 0 Å². The number of anilines is 1. The van der Waals surface area contributed by atoms with Crippen LogP contribution in [-0.4, -0.2) is 97.8 Å². The molecule has 0 radical (unpaired) electrons. The smallest absolute Gasteiger partial charge is 0.303 e. The number of nitrogens with zero attached hydrogens (tertiary/aromatic N) is 2. The van der Waals surface area contributed by atoms with Crippen LogP contribution in [0, 0.1) is 0 Å². The maximum atomic E-state index is 12.2. The Hall–Kier alpha value is -4.02. The normalized spacial score (nSPS) is 20.5. The number of unbranched alkanes of at least 4 members (excludes halogenated alkanes) is 4. The molecule has 2 heterocycles. The summed E-state index contributed by atoms with van der Waals surface area (Å²) in [5, 5.41) is 9.11. The summed E-state index contributed by atoms with van der Waals surface area (Å²) < 4.78 is 135. The molecule has 0 saturated carbocycles. The number of allylic oxidation sites excluding steroid dienone is 8. The molecule has 0 aliphatic carbocycles. The Morgan fingerprint density at radius 1 is 0.672 bits per heavy atom. The molecule has 0 amide bonds. The SMILES string of the molecule is CCN1/C(=C/C=C/C=C/C=C/C2=[N+](CCCCCC(=O)O)c3ccc(S(=O)(=O)O)cc3C2(C)CCCCS(=O)(=O)O)C(C)(CCCCS(=O)(=O)O)c2cc(S(=O)(=O)O)ccc21. The van der Waals surface area contributed by atoms with Gasteiger partial charge in [-0.1, -0.05) is 43.2 Å². The molecule has 0 fully saturated rings. The first-order valence-corrected chi connectivity index (χ1v) is 25.9. The van der Waals surface area contributed by atoms with Crippen LogP contribution in [0.4, 0.5) is 11.4 Å². The molecule has 0 saturated heterocycles. The van der Waals surface area contributed by atoms with Crippen molar-refractivity contribution in [3.05, 3.63) is 95.8 Å². The Bertz CT molecular complexity index is 2580. The summed E-state index contributed by atoms with van der Waals surface area (Å²) >= 11 is 0. The average Bonchev–Trinajstić information content (AvgIpc) is 3.52. The minimum Gasteiger partial charge on any atom is -0.481 e. The van der Waals surface area contributed by atoms with E-state index in [1.807, 2.05) is 42.4 Å². The number of hydrogen-bond donors (Lipinski definition) is 5. The van der Waals surface area contributed by atoms with Crippen LogP contribution in [0.25, 0.3) is 0 Å². The summed E-state index contributed by atoms with van der Waals surface area (Å²) in [6.45, 7) is 6.69. The molecule has 61 heavy (non-hydrogen) atoms. The molecule has 0 aromatic heterocycles. The molecule has 2 aromatic carbocycles. The monoisotopic (exact) mass is 927 g/mol. The zero-order chi connectivity index (χ0) is 45.4. The van der Waals surface area contributed by atoms with Crippen LogP contribution in [0.15, 0.2) is 94.4 Å². The van der Waals surface area contributed by atoms with E-state index in [9.17, 15) is 56.7 Å². The first-order valence-electron chi connectivity index (χ1n) is 19.8. The van der Waals surface area contributed by atoms with Crippen molar-refractivity contribution in [1.82, 2.24) is 0 Å². The summed E-state index contributed by atoms with van der Waals surface area (Å²) in [6.07, 6.45) is 16.1. The number of likely N-dealkylation sites (N-methyl/N-ethyl adjacent to an activating group) is 1. The minimum absolute atomic E-state index is 0.0138. The summed E-state index contributed by atoms with van der Waals surface area (Å²) in [4.78, 5) is 12.5. The minimum atomic E-state index is -4.58. The predicted molar refractivity (Wildman–Crippen MR) is 232 cm³/mol. The lowest BCUT2D eigenvalue weighted by Gasteiger charge is -2.30. The van der Waals surface area contributed by atoms with Gasteiger partial charge in [0.2, 0.25) is 5.69 Å². The standard InChI is InChI=1S/C41H54N2O14S4/c1-4-42-35-22-20-31(60(52,53)54)29-33(35)40(2,24-12-15-27-58(46,47)48)37(42)17-9-6-5-7-10-18-38-41(3,25-13-16-28-59(49,50)51)34-30-32(61(55,56)57)21-23-36(34)43(38)26-14-8-11-19-39(44)45/h5-7,9-10,17-18,20-23,29-30H,4,8,11-16,19,24-28H2,1-3H3,(H4-,44,45,46,47,48,49,50,51,52,53,54,55,56,57)/p+1. The number of carbonyl (C=O) groups is 1. The molecule has 0 bridgehead atoms. The molecule has 2 aliphatic rings. The van der Waals surface area contributed by atoms with E-state index in [0.717, 1.165) is 17.1 Å². The third-order valence-corrected chi connectivity index (χ3v) is 14.5. The number of hydrogen-bond acceptors (Lipinski definition) is 10. The van der Waals surface area contributed by atoms with Crippen molar-refractivity contribution in [3.63, 3.8) is 0 Å². The molecular formula is C41H55N2O14S4+. The zero-order valence-corrected chi connectivity index (χ0v) is 37.6. The highest BCUT2D eigenvalue weighted by Crippen LogP contribution is 2.51. The molecule has 2 aliphatic heterocycles. The zero-order valence-electron chi connectivity index (χ0n) is 34.3. The number of benzene rings is 2. The average molecular weight is 928 g/mol.